The monoisotopic (exact) mass is 358 g/mol. The van der Waals surface area contributed by atoms with Gasteiger partial charge in [0.05, 0.1) is 12.3 Å². The van der Waals surface area contributed by atoms with Crippen LogP contribution in [0.3, 0.4) is 0 Å². The van der Waals surface area contributed by atoms with E-state index in [4.69, 9.17) is 4.74 Å². The minimum Gasteiger partial charge on any atom is -0.466 e. The van der Waals surface area contributed by atoms with Crippen LogP contribution in [0.1, 0.15) is 50.0 Å². The van der Waals surface area contributed by atoms with E-state index in [-0.39, 0.29) is 5.97 Å². The predicted molar refractivity (Wildman–Crippen MR) is 98.4 cm³/mol. The predicted octanol–water partition coefficient (Wildman–Crippen LogP) is 2.76. The third kappa shape index (κ3) is 3.89. The molecule has 3 rings (SSSR count). The normalized spacial score (nSPS) is 10.5. The van der Waals surface area contributed by atoms with Gasteiger partial charge in [-0.3, -0.25) is 4.79 Å². The molecule has 0 N–H and O–H groups in total. The van der Waals surface area contributed by atoms with Gasteiger partial charge in [0, 0.05) is 12.1 Å². The zero-order valence-electron chi connectivity index (χ0n) is 16.3. The standard InChI is InChI=1S/C16H20N6O2.C2H6/c1-5-24-16(23)9-6-13-10(2)19-21(11(13)3)15-8-7-14-18-17-12(4)22(14)20-15;1-2/h7-8H,5-6,9H2,1-4H3;1-2H3. The minimum absolute atomic E-state index is 0.191. The molecule has 0 fully saturated rings. The van der Waals surface area contributed by atoms with Crippen LogP contribution in [-0.2, 0) is 16.0 Å². The fourth-order valence-electron chi connectivity index (χ4n) is 2.72. The summed E-state index contributed by atoms with van der Waals surface area (Å²) in [5.41, 5.74) is 3.60. The van der Waals surface area contributed by atoms with Crippen LogP contribution in [0.2, 0.25) is 0 Å². The summed E-state index contributed by atoms with van der Waals surface area (Å²) in [7, 11) is 0. The molecule has 0 atom stereocenters. The Labute approximate surface area is 153 Å². The zero-order chi connectivity index (χ0) is 19.3. The number of carbonyl (C=O) groups is 1. The van der Waals surface area contributed by atoms with Crippen molar-refractivity contribution in [1.82, 2.24) is 29.6 Å². The van der Waals surface area contributed by atoms with Crippen molar-refractivity contribution in [2.24, 2.45) is 0 Å². The van der Waals surface area contributed by atoms with Crippen molar-refractivity contribution in [2.45, 2.75) is 54.4 Å². The number of hydrogen-bond acceptors (Lipinski definition) is 6. The molecule has 0 amide bonds. The molecule has 3 aromatic rings. The largest absolute Gasteiger partial charge is 0.466 e. The van der Waals surface area contributed by atoms with E-state index in [1.165, 1.54) is 0 Å². The lowest BCUT2D eigenvalue weighted by molar-refractivity contribution is -0.143. The molecule has 0 saturated heterocycles. The average Bonchev–Trinajstić information content (AvgIpc) is 3.15. The molecule has 0 saturated carbocycles. The fraction of sp³-hybridized carbons (Fsp3) is 0.500. The number of carbonyl (C=O) groups excluding carboxylic acids is 1. The maximum atomic E-state index is 11.6. The topological polar surface area (TPSA) is 87.2 Å². The van der Waals surface area contributed by atoms with Crippen LogP contribution in [0, 0.1) is 20.8 Å². The van der Waals surface area contributed by atoms with Gasteiger partial charge in [-0.05, 0) is 51.8 Å². The van der Waals surface area contributed by atoms with E-state index in [0.29, 0.717) is 30.9 Å². The number of esters is 1. The SMILES string of the molecule is CC.CCOC(=O)CCc1c(C)nn(-c2ccc3nnc(C)n3n2)c1C. The highest BCUT2D eigenvalue weighted by Gasteiger charge is 2.16. The van der Waals surface area contributed by atoms with E-state index >= 15 is 0 Å². The highest BCUT2D eigenvalue weighted by atomic mass is 16.5. The van der Waals surface area contributed by atoms with Crippen molar-refractivity contribution in [3.63, 3.8) is 0 Å². The summed E-state index contributed by atoms with van der Waals surface area (Å²) in [6, 6.07) is 3.72. The van der Waals surface area contributed by atoms with Gasteiger partial charge in [0.1, 0.15) is 0 Å². The Morgan fingerprint density at radius 3 is 2.54 bits per heavy atom. The molecular formula is C18H26N6O2. The Balaban J connectivity index is 0.00000117. The van der Waals surface area contributed by atoms with Crippen molar-refractivity contribution in [2.75, 3.05) is 6.61 Å². The molecule has 140 valence electrons. The molecule has 0 radical (unpaired) electrons. The fourth-order valence-corrected chi connectivity index (χ4v) is 2.72. The second-order valence-corrected chi connectivity index (χ2v) is 5.57. The first kappa shape index (κ1) is 19.6. The van der Waals surface area contributed by atoms with Gasteiger partial charge in [0.2, 0.25) is 0 Å². The van der Waals surface area contributed by atoms with E-state index in [9.17, 15) is 4.79 Å². The summed E-state index contributed by atoms with van der Waals surface area (Å²) >= 11 is 0. The van der Waals surface area contributed by atoms with Crippen molar-refractivity contribution in [1.29, 1.82) is 0 Å². The molecule has 0 bridgehead atoms. The molecule has 8 heteroatoms. The van der Waals surface area contributed by atoms with Crippen molar-refractivity contribution >= 4 is 11.6 Å². The van der Waals surface area contributed by atoms with Crippen LogP contribution in [0.15, 0.2) is 12.1 Å². The Bertz CT molecular complexity index is 897. The summed E-state index contributed by atoms with van der Waals surface area (Å²) < 4.78 is 8.46. The van der Waals surface area contributed by atoms with Crippen LogP contribution in [0.4, 0.5) is 0 Å². The van der Waals surface area contributed by atoms with E-state index in [1.807, 2.05) is 46.8 Å². The Hall–Kier alpha value is -2.77. The van der Waals surface area contributed by atoms with Gasteiger partial charge in [-0.15, -0.1) is 15.3 Å². The molecule has 8 nitrogen and oxygen atoms in total. The molecular weight excluding hydrogens is 332 g/mol. The first-order valence-corrected chi connectivity index (χ1v) is 8.91. The maximum Gasteiger partial charge on any atom is 0.306 e. The van der Waals surface area contributed by atoms with Crippen LogP contribution >= 0.6 is 0 Å². The number of ether oxygens (including phenoxy) is 1. The lowest BCUT2D eigenvalue weighted by Crippen LogP contribution is -2.07. The third-order valence-electron chi connectivity index (χ3n) is 3.95. The van der Waals surface area contributed by atoms with E-state index < -0.39 is 0 Å². The summed E-state index contributed by atoms with van der Waals surface area (Å²) in [6.45, 7) is 12.0. The molecule has 0 aromatic carbocycles. The third-order valence-corrected chi connectivity index (χ3v) is 3.95. The van der Waals surface area contributed by atoms with Crippen LogP contribution in [0.25, 0.3) is 11.5 Å². The zero-order valence-corrected chi connectivity index (χ0v) is 16.3. The van der Waals surface area contributed by atoms with E-state index in [2.05, 4.69) is 20.4 Å². The quantitative estimate of drug-likeness (QED) is 0.652. The first-order chi connectivity index (χ1) is 12.5. The smallest absolute Gasteiger partial charge is 0.306 e. The number of aryl methyl sites for hydroxylation is 2. The molecule has 26 heavy (non-hydrogen) atoms. The van der Waals surface area contributed by atoms with Crippen molar-refractivity contribution in [3.05, 3.63) is 34.9 Å². The number of nitrogens with zero attached hydrogens (tertiary/aromatic N) is 6. The summed E-state index contributed by atoms with van der Waals surface area (Å²) in [5.74, 6) is 1.22. The number of rotatable bonds is 5. The highest BCUT2D eigenvalue weighted by molar-refractivity contribution is 5.69. The minimum atomic E-state index is -0.191. The van der Waals surface area contributed by atoms with Crippen LogP contribution in [0.5, 0.6) is 0 Å². The van der Waals surface area contributed by atoms with Gasteiger partial charge in [-0.1, -0.05) is 13.8 Å². The molecule has 0 unspecified atom stereocenters. The summed E-state index contributed by atoms with van der Waals surface area (Å²) in [6.07, 6.45) is 0.947. The molecule has 3 heterocycles. The highest BCUT2D eigenvalue weighted by Crippen LogP contribution is 2.19. The van der Waals surface area contributed by atoms with Gasteiger partial charge in [-0.25, -0.2) is 4.68 Å². The van der Waals surface area contributed by atoms with Gasteiger partial charge in [-0.2, -0.15) is 9.61 Å². The van der Waals surface area contributed by atoms with Gasteiger partial charge < -0.3 is 4.74 Å². The van der Waals surface area contributed by atoms with Crippen LogP contribution in [-0.4, -0.2) is 42.2 Å². The Kier molecular flexibility index (Phi) is 6.43. The second-order valence-electron chi connectivity index (χ2n) is 5.57. The van der Waals surface area contributed by atoms with Gasteiger partial charge in [0.25, 0.3) is 0 Å². The second kappa shape index (κ2) is 8.55. The summed E-state index contributed by atoms with van der Waals surface area (Å²) in [5, 5.41) is 17.2. The first-order valence-electron chi connectivity index (χ1n) is 8.91. The maximum absolute atomic E-state index is 11.6. The average molecular weight is 358 g/mol. The Morgan fingerprint density at radius 1 is 1.12 bits per heavy atom. The molecule has 0 aliphatic carbocycles. The lowest BCUT2D eigenvalue weighted by Gasteiger charge is -2.05. The molecule has 0 spiro atoms. The van der Waals surface area contributed by atoms with Gasteiger partial charge in [0.15, 0.2) is 17.3 Å². The van der Waals surface area contributed by atoms with Crippen LogP contribution < -0.4 is 0 Å². The summed E-state index contributed by atoms with van der Waals surface area (Å²) in [4.78, 5) is 11.6. The lowest BCUT2D eigenvalue weighted by atomic mass is 10.1. The van der Waals surface area contributed by atoms with E-state index in [0.717, 1.165) is 22.8 Å². The molecule has 0 aliphatic rings. The van der Waals surface area contributed by atoms with E-state index in [1.54, 1.807) is 16.1 Å². The molecule has 3 aromatic heterocycles. The Morgan fingerprint density at radius 2 is 1.85 bits per heavy atom. The number of aromatic nitrogens is 6. The van der Waals surface area contributed by atoms with Crippen molar-refractivity contribution < 1.29 is 9.53 Å². The number of hydrogen-bond donors (Lipinski definition) is 0. The molecule has 0 aliphatic heterocycles. The van der Waals surface area contributed by atoms with Gasteiger partial charge >= 0.3 is 5.97 Å². The van der Waals surface area contributed by atoms with Crippen molar-refractivity contribution in [3.8, 4) is 5.82 Å². The number of fused-ring (bicyclic) bond motifs is 1.